The van der Waals surface area contributed by atoms with Crippen molar-refractivity contribution in [2.45, 2.75) is 0 Å². The minimum absolute atomic E-state index is 0.159. The first-order chi connectivity index (χ1) is 10.1. The van der Waals surface area contributed by atoms with Crippen LogP contribution in [0.15, 0.2) is 63.7 Å². The summed E-state index contributed by atoms with van der Waals surface area (Å²) in [4.78, 5) is 16.7. The van der Waals surface area contributed by atoms with E-state index in [9.17, 15) is 4.79 Å². The molecule has 0 fully saturated rings. The summed E-state index contributed by atoms with van der Waals surface area (Å²) in [5.74, 6) is -0.159. The van der Waals surface area contributed by atoms with Gasteiger partial charge in [-0.25, -0.2) is 0 Å². The number of amides is 1. The van der Waals surface area contributed by atoms with Crippen molar-refractivity contribution in [1.82, 2.24) is 4.98 Å². The Labute approximate surface area is 138 Å². The Hall–Kier alpha value is -1.72. The van der Waals surface area contributed by atoms with E-state index in [1.54, 1.807) is 18.3 Å². The lowest BCUT2D eigenvalue weighted by atomic mass is 10.1. The molecule has 0 aliphatic heterocycles. The fourth-order valence-corrected chi connectivity index (χ4v) is 2.81. The predicted octanol–water partition coefficient (Wildman–Crippen LogP) is 5.01. The quantitative estimate of drug-likeness (QED) is 0.650. The molecular formula is C16H10Br2N2O. The van der Waals surface area contributed by atoms with Crippen LogP contribution in [0.25, 0.3) is 10.9 Å². The maximum atomic E-state index is 12.3. The molecule has 0 aliphatic rings. The Morgan fingerprint density at radius 1 is 1.00 bits per heavy atom. The number of carbonyl (C=O) groups excluding carboxylic acids is 1. The molecule has 0 saturated heterocycles. The van der Waals surface area contributed by atoms with Gasteiger partial charge in [0, 0.05) is 26.1 Å². The number of benzene rings is 2. The van der Waals surface area contributed by atoms with Crippen molar-refractivity contribution in [3.8, 4) is 0 Å². The van der Waals surface area contributed by atoms with Gasteiger partial charge in [-0.3, -0.25) is 9.78 Å². The van der Waals surface area contributed by atoms with Crippen molar-refractivity contribution < 1.29 is 4.79 Å². The standard InChI is InChI=1S/C16H10Br2N2O/c17-12-5-1-4-11(8-12)16(21)20-14-6-2-3-10-7-13(18)9-19-15(10)14/h1-9H,(H,20,21). The van der Waals surface area contributed by atoms with Gasteiger partial charge >= 0.3 is 0 Å². The molecular weight excluding hydrogens is 396 g/mol. The van der Waals surface area contributed by atoms with Gasteiger partial charge in [0.15, 0.2) is 0 Å². The van der Waals surface area contributed by atoms with Gasteiger partial charge in [0.2, 0.25) is 0 Å². The van der Waals surface area contributed by atoms with Crippen LogP contribution < -0.4 is 5.32 Å². The number of para-hydroxylation sites is 1. The second kappa shape index (κ2) is 5.95. The van der Waals surface area contributed by atoms with E-state index in [1.165, 1.54) is 0 Å². The van der Waals surface area contributed by atoms with Crippen molar-refractivity contribution in [2.75, 3.05) is 5.32 Å². The summed E-state index contributed by atoms with van der Waals surface area (Å²) in [5.41, 5.74) is 2.06. The van der Waals surface area contributed by atoms with Gasteiger partial charge in [0.05, 0.1) is 11.2 Å². The SMILES string of the molecule is O=C(Nc1cccc2cc(Br)cnc12)c1cccc(Br)c1. The molecule has 0 spiro atoms. The van der Waals surface area contributed by atoms with E-state index in [-0.39, 0.29) is 5.91 Å². The third kappa shape index (κ3) is 3.14. The van der Waals surface area contributed by atoms with E-state index >= 15 is 0 Å². The van der Waals surface area contributed by atoms with Gasteiger partial charge in [0.1, 0.15) is 0 Å². The first-order valence-electron chi connectivity index (χ1n) is 6.25. The number of hydrogen-bond donors (Lipinski definition) is 1. The van der Waals surface area contributed by atoms with Crippen LogP contribution in [0, 0.1) is 0 Å². The number of anilines is 1. The summed E-state index contributed by atoms with van der Waals surface area (Å²) >= 11 is 6.76. The zero-order valence-electron chi connectivity index (χ0n) is 10.8. The number of hydrogen-bond acceptors (Lipinski definition) is 2. The number of aromatic nitrogens is 1. The van der Waals surface area contributed by atoms with E-state index in [0.717, 1.165) is 19.8 Å². The number of pyridine rings is 1. The highest BCUT2D eigenvalue weighted by Crippen LogP contribution is 2.24. The average molecular weight is 406 g/mol. The van der Waals surface area contributed by atoms with E-state index in [1.807, 2.05) is 36.4 Å². The second-order valence-electron chi connectivity index (χ2n) is 4.50. The lowest BCUT2D eigenvalue weighted by molar-refractivity contribution is 0.102. The van der Waals surface area contributed by atoms with Gasteiger partial charge in [-0.2, -0.15) is 0 Å². The Kier molecular flexibility index (Phi) is 4.03. The van der Waals surface area contributed by atoms with Crippen LogP contribution in [0.4, 0.5) is 5.69 Å². The fraction of sp³-hybridized carbons (Fsp3) is 0. The minimum atomic E-state index is -0.159. The van der Waals surface area contributed by atoms with Crippen LogP contribution in [0.2, 0.25) is 0 Å². The maximum Gasteiger partial charge on any atom is 0.255 e. The molecule has 3 nitrogen and oxygen atoms in total. The molecule has 21 heavy (non-hydrogen) atoms. The van der Waals surface area contributed by atoms with Gasteiger partial charge in [-0.1, -0.05) is 34.1 Å². The summed E-state index contributed by atoms with van der Waals surface area (Å²) in [6, 6.07) is 14.9. The van der Waals surface area contributed by atoms with Crippen molar-refractivity contribution in [3.63, 3.8) is 0 Å². The largest absolute Gasteiger partial charge is 0.320 e. The Morgan fingerprint density at radius 3 is 2.62 bits per heavy atom. The van der Waals surface area contributed by atoms with Crippen LogP contribution in [0.5, 0.6) is 0 Å². The van der Waals surface area contributed by atoms with Crippen LogP contribution in [-0.2, 0) is 0 Å². The lowest BCUT2D eigenvalue weighted by Gasteiger charge is -2.08. The first kappa shape index (κ1) is 14.2. The summed E-state index contributed by atoms with van der Waals surface area (Å²) in [6.45, 7) is 0. The van der Waals surface area contributed by atoms with E-state index in [4.69, 9.17) is 0 Å². The minimum Gasteiger partial charge on any atom is -0.320 e. The Bertz CT molecular complexity index is 833. The third-order valence-electron chi connectivity index (χ3n) is 3.01. The topological polar surface area (TPSA) is 42.0 Å². The normalized spacial score (nSPS) is 10.6. The highest BCUT2D eigenvalue weighted by atomic mass is 79.9. The molecule has 0 bridgehead atoms. The number of rotatable bonds is 2. The van der Waals surface area contributed by atoms with Crippen LogP contribution in [-0.4, -0.2) is 10.9 Å². The van der Waals surface area contributed by atoms with E-state index in [0.29, 0.717) is 11.3 Å². The number of carbonyl (C=O) groups is 1. The molecule has 3 aromatic rings. The maximum absolute atomic E-state index is 12.3. The van der Waals surface area contributed by atoms with Crippen LogP contribution >= 0.6 is 31.9 Å². The molecule has 1 aromatic heterocycles. The number of fused-ring (bicyclic) bond motifs is 1. The second-order valence-corrected chi connectivity index (χ2v) is 6.33. The zero-order valence-corrected chi connectivity index (χ0v) is 14.0. The smallest absolute Gasteiger partial charge is 0.255 e. The Morgan fingerprint density at radius 2 is 1.81 bits per heavy atom. The molecule has 5 heteroatoms. The average Bonchev–Trinajstić information content (AvgIpc) is 2.47. The predicted molar refractivity (Wildman–Crippen MR) is 91.5 cm³/mol. The highest BCUT2D eigenvalue weighted by molar-refractivity contribution is 9.10. The molecule has 0 atom stereocenters. The molecule has 1 amide bonds. The zero-order chi connectivity index (χ0) is 14.8. The molecule has 3 rings (SSSR count). The monoisotopic (exact) mass is 404 g/mol. The molecule has 1 N–H and O–H groups in total. The molecule has 0 radical (unpaired) electrons. The van der Waals surface area contributed by atoms with Crippen molar-refractivity contribution in [2.24, 2.45) is 0 Å². The van der Waals surface area contributed by atoms with Crippen molar-refractivity contribution >= 4 is 54.4 Å². The summed E-state index contributed by atoms with van der Waals surface area (Å²) in [5, 5.41) is 3.88. The molecule has 0 aliphatic carbocycles. The van der Waals surface area contributed by atoms with Gasteiger partial charge < -0.3 is 5.32 Å². The third-order valence-corrected chi connectivity index (χ3v) is 3.94. The van der Waals surface area contributed by atoms with Crippen LogP contribution in [0.3, 0.4) is 0 Å². The molecule has 0 unspecified atom stereocenters. The van der Waals surface area contributed by atoms with Gasteiger partial charge in [-0.05, 0) is 46.3 Å². The summed E-state index contributed by atoms with van der Waals surface area (Å²) in [7, 11) is 0. The van der Waals surface area contributed by atoms with Gasteiger partial charge in [-0.15, -0.1) is 0 Å². The number of halogens is 2. The Balaban J connectivity index is 1.96. The fourth-order valence-electron chi connectivity index (χ4n) is 2.06. The highest BCUT2D eigenvalue weighted by Gasteiger charge is 2.09. The van der Waals surface area contributed by atoms with E-state index in [2.05, 4.69) is 42.2 Å². The molecule has 1 heterocycles. The molecule has 0 saturated carbocycles. The summed E-state index contributed by atoms with van der Waals surface area (Å²) in [6.07, 6.45) is 1.72. The van der Waals surface area contributed by atoms with E-state index < -0.39 is 0 Å². The number of nitrogens with zero attached hydrogens (tertiary/aromatic N) is 1. The molecule has 104 valence electrons. The summed E-state index contributed by atoms with van der Waals surface area (Å²) < 4.78 is 1.78. The van der Waals surface area contributed by atoms with Crippen molar-refractivity contribution in [3.05, 3.63) is 69.2 Å². The van der Waals surface area contributed by atoms with Crippen LogP contribution in [0.1, 0.15) is 10.4 Å². The molecule has 2 aromatic carbocycles. The van der Waals surface area contributed by atoms with Crippen molar-refractivity contribution in [1.29, 1.82) is 0 Å². The first-order valence-corrected chi connectivity index (χ1v) is 7.83. The van der Waals surface area contributed by atoms with Gasteiger partial charge in [0.25, 0.3) is 5.91 Å². The number of nitrogens with one attached hydrogen (secondary N) is 1. The lowest BCUT2D eigenvalue weighted by Crippen LogP contribution is -2.12.